The summed E-state index contributed by atoms with van der Waals surface area (Å²) in [6.07, 6.45) is 0. The van der Waals surface area contributed by atoms with E-state index in [1.807, 2.05) is 48.5 Å². The molecule has 0 unspecified atom stereocenters. The third kappa shape index (κ3) is 2.92. The zero-order valence-electron chi connectivity index (χ0n) is 15.3. The number of benzene rings is 3. The molecule has 134 valence electrons. The first-order valence-corrected chi connectivity index (χ1v) is 8.18. The Morgan fingerprint density at radius 1 is 0.846 bits per heavy atom. The van der Waals surface area contributed by atoms with E-state index >= 15 is 0 Å². The number of amides is 1. The number of ether oxygens (including phenoxy) is 3. The molecule has 1 N–H and O–H groups in total. The SMILES string of the molecule is CNC(=O)c1ccc(-c2cc(OC)c(OC)c(OC)c2)c2ccccc12. The summed E-state index contributed by atoms with van der Waals surface area (Å²) in [5.74, 6) is 1.60. The van der Waals surface area contributed by atoms with Crippen molar-refractivity contribution >= 4 is 16.7 Å². The van der Waals surface area contributed by atoms with Crippen LogP contribution in [-0.4, -0.2) is 34.3 Å². The van der Waals surface area contributed by atoms with Crippen LogP contribution in [0.3, 0.4) is 0 Å². The molecule has 0 aromatic heterocycles. The predicted octanol–water partition coefficient (Wildman–Crippen LogP) is 3.89. The van der Waals surface area contributed by atoms with Gasteiger partial charge in [-0.05, 0) is 40.1 Å². The molecular formula is C21H21NO4. The van der Waals surface area contributed by atoms with Gasteiger partial charge in [0.15, 0.2) is 11.5 Å². The molecule has 0 fully saturated rings. The highest BCUT2D eigenvalue weighted by Gasteiger charge is 2.17. The molecule has 3 aromatic carbocycles. The lowest BCUT2D eigenvalue weighted by molar-refractivity contribution is 0.0964. The molecule has 0 heterocycles. The third-order valence-corrected chi connectivity index (χ3v) is 4.37. The van der Waals surface area contributed by atoms with Gasteiger partial charge in [-0.2, -0.15) is 0 Å². The Labute approximate surface area is 152 Å². The van der Waals surface area contributed by atoms with Gasteiger partial charge >= 0.3 is 0 Å². The Balaban J connectivity index is 2.28. The molecule has 3 rings (SSSR count). The van der Waals surface area contributed by atoms with Gasteiger partial charge in [0, 0.05) is 12.6 Å². The second kappa shape index (κ2) is 7.35. The Morgan fingerprint density at radius 2 is 1.46 bits per heavy atom. The summed E-state index contributed by atoms with van der Waals surface area (Å²) in [6.45, 7) is 0. The van der Waals surface area contributed by atoms with Crippen molar-refractivity contribution in [3.63, 3.8) is 0 Å². The van der Waals surface area contributed by atoms with E-state index in [2.05, 4.69) is 5.32 Å². The van der Waals surface area contributed by atoms with Gasteiger partial charge < -0.3 is 19.5 Å². The van der Waals surface area contributed by atoms with Crippen molar-refractivity contribution in [1.82, 2.24) is 5.32 Å². The molecule has 5 nitrogen and oxygen atoms in total. The van der Waals surface area contributed by atoms with Crippen LogP contribution in [-0.2, 0) is 0 Å². The molecule has 0 atom stereocenters. The number of hydrogen-bond acceptors (Lipinski definition) is 4. The minimum atomic E-state index is -0.113. The number of carbonyl (C=O) groups excluding carboxylic acids is 1. The molecule has 0 aliphatic rings. The fraction of sp³-hybridized carbons (Fsp3) is 0.190. The molecule has 26 heavy (non-hydrogen) atoms. The van der Waals surface area contributed by atoms with E-state index in [-0.39, 0.29) is 5.91 Å². The van der Waals surface area contributed by atoms with Gasteiger partial charge in [-0.1, -0.05) is 30.3 Å². The monoisotopic (exact) mass is 351 g/mol. The average Bonchev–Trinajstić information content (AvgIpc) is 2.71. The van der Waals surface area contributed by atoms with Crippen LogP contribution in [0, 0.1) is 0 Å². The van der Waals surface area contributed by atoms with Gasteiger partial charge in [-0.15, -0.1) is 0 Å². The van der Waals surface area contributed by atoms with Gasteiger partial charge in [0.05, 0.1) is 21.3 Å². The van der Waals surface area contributed by atoms with Crippen LogP contribution in [0.2, 0.25) is 0 Å². The molecule has 0 bridgehead atoms. The average molecular weight is 351 g/mol. The summed E-state index contributed by atoms with van der Waals surface area (Å²) in [6, 6.07) is 15.4. The zero-order valence-corrected chi connectivity index (χ0v) is 15.3. The zero-order chi connectivity index (χ0) is 18.7. The largest absolute Gasteiger partial charge is 0.493 e. The topological polar surface area (TPSA) is 56.8 Å². The van der Waals surface area contributed by atoms with Crippen LogP contribution in [0.1, 0.15) is 10.4 Å². The van der Waals surface area contributed by atoms with Gasteiger partial charge in [-0.25, -0.2) is 0 Å². The number of fused-ring (bicyclic) bond motifs is 1. The second-order valence-corrected chi connectivity index (χ2v) is 5.70. The number of rotatable bonds is 5. The van der Waals surface area contributed by atoms with E-state index in [4.69, 9.17) is 14.2 Å². The Bertz CT molecular complexity index is 940. The number of methoxy groups -OCH3 is 3. The number of nitrogens with one attached hydrogen (secondary N) is 1. The summed E-state index contributed by atoms with van der Waals surface area (Å²) in [7, 11) is 6.39. The second-order valence-electron chi connectivity index (χ2n) is 5.70. The van der Waals surface area contributed by atoms with Crippen LogP contribution in [0.15, 0.2) is 48.5 Å². The maximum absolute atomic E-state index is 12.2. The van der Waals surface area contributed by atoms with Crippen molar-refractivity contribution in [2.24, 2.45) is 0 Å². The van der Waals surface area contributed by atoms with Gasteiger partial charge in [0.2, 0.25) is 5.75 Å². The Hall–Kier alpha value is -3.21. The molecule has 0 saturated carbocycles. The van der Waals surface area contributed by atoms with Crippen molar-refractivity contribution in [3.05, 3.63) is 54.1 Å². The molecule has 0 radical (unpaired) electrons. The van der Waals surface area contributed by atoms with Crippen LogP contribution in [0.25, 0.3) is 21.9 Å². The van der Waals surface area contributed by atoms with E-state index in [0.717, 1.165) is 21.9 Å². The quantitative estimate of drug-likeness (QED) is 0.758. The molecular weight excluding hydrogens is 330 g/mol. The van der Waals surface area contributed by atoms with Crippen LogP contribution >= 0.6 is 0 Å². The van der Waals surface area contributed by atoms with Crippen molar-refractivity contribution < 1.29 is 19.0 Å². The number of hydrogen-bond donors (Lipinski definition) is 1. The third-order valence-electron chi connectivity index (χ3n) is 4.37. The molecule has 0 aliphatic carbocycles. The summed E-state index contributed by atoms with van der Waals surface area (Å²) in [5, 5.41) is 4.55. The minimum absolute atomic E-state index is 0.113. The summed E-state index contributed by atoms with van der Waals surface area (Å²) in [5.41, 5.74) is 2.53. The maximum atomic E-state index is 12.2. The number of carbonyl (C=O) groups is 1. The summed E-state index contributed by atoms with van der Waals surface area (Å²) in [4.78, 5) is 12.2. The maximum Gasteiger partial charge on any atom is 0.251 e. The van der Waals surface area contributed by atoms with Gasteiger partial charge in [-0.3, -0.25) is 4.79 Å². The van der Waals surface area contributed by atoms with Crippen molar-refractivity contribution in [2.45, 2.75) is 0 Å². The van der Waals surface area contributed by atoms with E-state index in [1.54, 1.807) is 28.4 Å². The van der Waals surface area contributed by atoms with Crippen molar-refractivity contribution in [3.8, 4) is 28.4 Å². The Kier molecular flexibility index (Phi) is 4.98. The molecule has 0 saturated heterocycles. The first-order chi connectivity index (χ1) is 12.6. The van der Waals surface area contributed by atoms with E-state index < -0.39 is 0 Å². The fourth-order valence-corrected chi connectivity index (χ4v) is 3.12. The minimum Gasteiger partial charge on any atom is -0.493 e. The highest BCUT2D eigenvalue weighted by atomic mass is 16.5. The fourth-order valence-electron chi connectivity index (χ4n) is 3.12. The van der Waals surface area contributed by atoms with Crippen molar-refractivity contribution in [2.75, 3.05) is 28.4 Å². The summed E-state index contributed by atoms with van der Waals surface area (Å²) < 4.78 is 16.3. The van der Waals surface area contributed by atoms with Crippen LogP contribution in [0.5, 0.6) is 17.2 Å². The highest BCUT2D eigenvalue weighted by molar-refractivity contribution is 6.11. The molecule has 5 heteroatoms. The first-order valence-electron chi connectivity index (χ1n) is 8.18. The smallest absolute Gasteiger partial charge is 0.251 e. The Morgan fingerprint density at radius 3 is 2.00 bits per heavy atom. The lowest BCUT2D eigenvalue weighted by Gasteiger charge is -2.16. The van der Waals surface area contributed by atoms with E-state index in [1.165, 1.54) is 0 Å². The molecule has 3 aromatic rings. The lowest BCUT2D eigenvalue weighted by Crippen LogP contribution is -2.18. The van der Waals surface area contributed by atoms with Crippen molar-refractivity contribution in [1.29, 1.82) is 0 Å². The lowest BCUT2D eigenvalue weighted by atomic mass is 9.94. The first kappa shape index (κ1) is 17.6. The van der Waals surface area contributed by atoms with E-state index in [0.29, 0.717) is 22.8 Å². The standard InChI is InChI=1S/C21H21NO4/c1-22-21(23)17-10-9-14(15-7-5-6-8-16(15)17)13-11-18(24-2)20(26-4)19(12-13)25-3/h5-12H,1-4H3,(H,22,23). The van der Waals surface area contributed by atoms with E-state index in [9.17, 15) is 4.79 Å². The normalized spacial score (nSPS) is 10.5. The highest BCUT2D eigenvalue weighted by Crippen LogP contribution is 2.42. The van der Waals surface area contributed by atoms with Gasteiger partial charge in [0.1, 0.15) is 0 Å². The molecule has 0 aliphatic heterocycles. The van der Waals surface area contributed by atoms with Gasteiger partial charge in [0.25, 0.3) is 5.91 Å². The van der Waals surface area contributed by atoms with Crippen LogP contribution < -0.4 is 19.5 Å². The molecule has 1 amide bonds. The van der Waals surface area contributed by atoms with Crippen LogP contribution in [0.4, 0.5) is 0 Å². The summed E-state index contributed by atoms with van der Waals surface area (Å²) >= 11 is 0. The molecule has 0 spiro atoms. The predicted molar refractivity (Wildman–Crippen MR) is 102 cm³/mol.